The van der Waals surface area contributed by atoms with Crippen molar-refractivity contribution in [1.82, 2.24) is 19.5 Å². The average molecular weight is 286 g/mol. The van der Waals surface area contributed by atoms with Crippen molar-refractivity contribution in [3.8, 4) is 0 Å². The fourth-order valence-corrected chi connectivity index (χ4v) is 2.31. The van der Waals surface area contributed by atoms with Gasteiger partial charge in [-0.15, -0.1) is 0 Å². The standard InChI is InChI=1S/C14H12ClN5/c1-2-9-3-5-10(6-4-9)7-20-8-17-13-11(20)12(15)18-14(16)19-13/h2-6,8H,1,7H2,(H2,16,18,19). The molecule has 0 saturated carbocycles. The normalized spacial score (nSPS) is 10.8. The maximum Gasteiger partial charge on any atom is 0.223 e. The number of imidazole rings is 1. The molecule has 3 aromatic rings. The van der Waals surface area contributed by atoms with Crippen LogP contribution in [-0.4, -0.2) is 19.5 Å². The van der Waals surface area contributed by atoms with Crippen LogP contribution in [0.3, 0.4) is 0 Å². The zero-order valence-corrected chi connectivity index (χ0v) is 11.4. The van der Waals surface area contributed by atoms with E-state index in [0.29, 0.717) is 22.9 Å². The van der Waals surface area contributed by atoms with Crippen molar-refractivity contribution >= 4 is 34.8 Å². The maximum atomic E-state index is 6.12. The summed E-state index contributed by atoms with van der Waals surface area (Å²) in [4.78, 5) is 12.2. The number of nitrogens with two attached hydrogens (primary N) is 1. The van der Waals surface area contributed by atoms with Crippen LogP contribution in [0.25, 0.3) is 17.2 Å². The number of aromatic nitrogens is 4. The molecule has 0 saturated heterocycles. The summed E-state index contributed by atoms with van der Waals surface area (Å²) in [5.41, 5.74) is 8.96. The number of hydrogen-bond acceptors (Lipinski definition) is 4. The lowest BCUT2D eigenvalue weighted by Gasteiger charge is -2.06. The summed E-state index contributed by atoms with van der Waals surface area (Å²) in [7, 11) is 0. The molecule has 2 aromatic heterocycles. The first-order chi connectivity index (χ1) is 9.67. The number of halogens is 1. The summed E-state index contributed by atoms with van der Waals surface area (Å²) in [6.45, 7) is 4.38. The highest BCUT2D eigenvalue weighted by molar-refractivity contribution is 6.33. The summed E-state index contributed by atoms with van der Waals surface area (Å²) in [5, 5.41) is 0.313. The molecule has 20 heavy (non-hydrogen) atoms. The Morgan fingerprint density at radius 3 is 2.70 bits per heavy atom. The van der Waals surface area contributed by atoms with Crippen LogP contribution in [0.15, 0.2) is 37.2 Å². The Bertz CT molecular complexity index is 776. The first-order valence-electron chi connectivity index (χ1n) is 6.02. The molecular formula is C14H12ClN5. The van der Waals surface area contributed by atoms with Gasteiger partial charge in [0.2, 0.25) is 5.95 Å². The van der Waals surface area contributed by atoms with Crippen LogP contribution in [0.4, 0.5) is 5.95 Å². The van der Waals surface area contributed by atoms with Crippen LogP contribution < -0.4 is 5.73 Å². The first kappa shape index (κ1) is 12.6. The third kappa shape index (κ3) is 2.23. The maximum absolute atomic E-state index is 6.12. The molecule has 0 aliphatic carbocycles. The Morgan fingerprint density at radius 1 is 1.25 bits per heavy atom. The minimum atomic E-state index is 0.128. The molecule has 6 heteroatoms. The van der Waals surface area contributed by atoms with Gasteiger partial charge in [0.1, 0.15) is 5.52 Å². The second kappa shape index (κ2) is 4.94. The van der Waals surface area contributed by atoms with Gasteiger partial charge in [-0.05, 0) is 11.1 Å². The lowest BCUT2D eigenvalue weighted by molar-refractivity contribution is 0.823. The molecule has 0 atom stereocenters. The van der Waals surface area contributed by atoms with Gasteiger partial charge in [0.05, 0.1) is 6.33 Å². The molecule has 0 aliphatic rings. The largest absolute Gasteiger partial charge is 0.368 e. The topological polar surface area (TPSA) is 69.6 Å². The monoisotopic (exact) mass is 285 g/mol. The van der Waals surface area contributed by atoms with Crippen molar-refractivity contribution in [1.29, 1.82) is 0 Å². The summed E-state index contributed by atoms with van der Waals surface area (Å²) >= 11 is 6.12. The molecule has 0 fully saturated rings. The number of nitrogens with zero attached hydrogens (tertiary/aromatic N) is 4. The highest BCUT2D eigenvalue weighted by Gasteiger charge is 2.11. The predicted molar refractivity (Wildman–Crippen MR) is 80.4 cm³/mol. The highest BCUT2D eigenvalue weighted by atomic mass is 35.5. The van der Waals surface area contributed by atoms with E-state index in [1.54, 1.807) is 6.33 Å². The second-order valence-corrected chi connectivity index (χ2v) is 4.72. The van der Waals surface area contributed by atoms with Crippen molar-refractivity contribution in [2.45, 2.75) is 6.54 Å². The van der Waals surface area contributed by atoms with Crippen molar-refractivity contribution in [3.05, 3.63) is 53.5 Å². The smallest absolute Gasteiger partial charge is 0.223 e. The van der Waals surface area contributed by atoms with Gasteiger partial charge in [-0.3, -0.25) is 0 Å². The minimum absolute atomic E-state index is 0.128. The van der Waals surface area contributed by atoms with Crippen LogP contribution in [0.5, 0.6) is 0 Å². The average Bonchev–Trinajstić information content (AvgIpc) is 2.82. The van der Waals surface area contributed by atoms with E-state index in [9.17, 15) is 0 Å². The number of fused-ring (bicyclic) bond motifs is 1. The Morgan fingerprint density at radius 2 is 2.00 bits per heavy atom. The van der Waals surface area contributed by atoms with Crippen molar-refractivity contribution in [2.24, 2.45) is 0 Å². The molecule has 0 unspecified atom stereocenters. The summed E-state index contributed by atoms with van der Waals surface area (Å²) in [6.07, 6.45) is 3.50. The summed E-state index contributed by atoms with van der Waals surface area (Å²) < 4.78 is 1.90. The van der Waals surface area contributed by atoms with E-state index in [-0.39, 0.29) is 5.95 Å². The van der Waals surface area contributed by atoms with E-state index in [2.05, 4.69) is 21.5 Å². The second-order valence-electron chi connectivity index (χ2n) is 4.36. The van der Waals surface area contributed by atoms with Gasteiger partial charge in [-0.2, -0.15) is 9.97 Å². The molecule has 0 radical (unpaired) electrons. The van der Waals surface area contributed by atoms with Gasteiger partial charge in [0.15, 0.2) is 10.8 Å². The van der Waals surface area contributed by atoms with Crippen molar-refractivity contribution < 1.29 is 0 Å². The van der Waals surface area contributed by atoms with Crippen molar-refractivity contribution in [3.63, 3.8) is 0 Å². The fourth-order valence-electron chi connectivity index (χ4n) is 2.03. The molecule has 0 aliphatic heterocycles. The Balaban J connectivity index is 2.00. The molecule has 3 rings (SSSR count). The number of rotatable bonds is 3. The predicted octanol–water partition coefficient (Wildman–Crippen LogP) is 2.75. The molecule has 0 amide bonds. The van der Waals surface area contributed by atoms with Crippen LogP contribution in [0.1, 0.15) is 11.1 Å². The zero-order valence-electron chi connectivity index (χ0n) is 10.6. The summed E-state index contributed by atoms with van der Waals surface area (Å²) in [5.74, 6) is 0.128. The van der Waals surface area contributed by atoms with Crippen LogP contribution in [-0.2, 0) is 6.54 Å². The van der Waals surface area contributed by atoms with E-state index < -0.39 is 0 Å². The molecule has 0 spiro atoms. The lowest BCUT2D eigenvalue weighted by atomic mass is 10.1. The molecule has 0 bridgehead atoms. The molecule has 100 valence electrons. The lowest BCUT2D eigenvalue weighted by Crippen LogP contribution is -2.01. The highest BCUT2D eigenvalue weighted by Crippen LogP contribution is 2.21. The fraction of sp³-hybridized carbons (Fsp3) is 0.0714. The SMILES string of the molecule is C=Cc1ccc(Cn2cnc3nc(N)nc(Cl)c32)cc1. The third-order valence-electron chi connectivity index (χ3n) is 3.02. The van der Waals surface area contributed by atoms with Gasteiger partial charge < -0.3 is 10.3 Å². The molecule has 2 heterocycles. The van der Waals surface area contributed by atoms with E-state index in [1.165, 1.54) is 0 Å². The van der Waals surface area contributed by atoms with Crippen LogP contribution >= 0.6 is 11.6 Å². The Labute approximate surface area is 120 Å². The van der Waals surface area contributed by atoms with E-state index >= 15 is 0 Å². The van der Waals surface area contributed by atoms with E-state index in [4.69, 9.17) is 17.3 Å². The van der Waals surface area contributed by atoms with Crippen LogP contribution in [0.2, 0.25) is 5.15 Å². The van der Waals surface area contributed by atoms with Gasteiger partial charge >= 0.3 is 0 Å². The number of anilines is 1. The first-order valence-corrected chi connectivity index (χ1v) is 6.40. The zero-order chi connectivity index (χ0) is 14.1. The van der Waals surface area contributed by atoms with Crippen LogP contribution in [0, 0.1) is 0 Å². The molecule has 1 aromatic carbocycles. The quantitative estimate of drug-likeness (QED) is 0.751. The number of benzene rings is 1. The Hall–Kier alpha value is -2.40. The molecule has 2 N–H and O–H groups in total. The minimum Gasteiger partial charge on any atom is -0.368 e. The van der Waals surface area contributed by atoms with E-state index in [0.717, 1.165) is 11.1 Å². The van der Waals surface area contributed by atoms with Gasteiger partial charge in [0.25, 0.3) is 0 Å². The van der Waals surface area contributed by atoms with Crippen molar-refractivity contribution in [2.75, 3.05) is 5.73 Å². The molecule has 5 nitrogen and oxygen atoms in total. The third-order valence-corrected chi connectivity index (χ3v) is 3.28. The molecular weight excluding hydrogens is 274 g/mol. The van der Waals surface area contributed by atoms with E-state index in [1.807, 2.05) is 34.9 Å². The summed E-state index contributed by atoms with van der Waals surface area (Å²) in [6, 6.07) is 8.10. The number of hydrogen-bond donors (Lipinski definition) is 1. The van der Waals surface area contributed by atoms with Gasteiger partial charge in [0, 0.05) is 6.54 Å². The van der Waals surface area contributed by atoms with Gasteiger partial charge in [-0.1, -0.05) is 48.5 Å². The number of nitrogen functional groups attached to an aromatic ring is 1. The van der Waals surface area contributed by atoms with Gasteiger partial charge in [-0.25, -0.2) is 4.98 Å². The Kier molecular flexibility index (Phi) is 3.12.